The minimum absolute atomic E-state index is 0.363. The predicted molar refractivity (Wildman–Crippen MR) is 127 cm³/mol. The summed E-state index contributed by atoms with van der Waals surface area (Å²) < 4.78 is 28.3. The van der Waals surface area contributed by atoms with E-state index in [2.05, 4.69) is 21.5 Å². The van der Waals surface area contributed by atoms with E-state index >= 15 is 0 Å². The summed E-state index contributed by atoms with van der Waals surface area (Å²) in [5, 5.41) is 8.36. The SMILES string of the molecule is Cc1cc(Nc2nc(C3=CCCCC3)cn3c(-c4cnn(C)c4)cnc23)sc1S(C)(=O)=O. The molecule has 0 saturated heterocycles. The van der Waals surface area contributed by atoms with Gasteiger partial charge in [0.25, 0.3) is 0 Å². The van der Waals surface area contributed by atoms with Crippen molar-refractivity contribution in [2.75, 3.05) is 11.6 Å². The van der Waals surface area contributed by atoms with Gasteiger partial charge in [-0.25, -0.2) is 18.4 Å². The molecule has 0 bridgehead atoms. The summed E-state index contributed by atoms with van der Waals surface area (Å²) in [6.07, 6.45) is 15.5. The van der Waals surface area contributed by atoms with Crippen molar-refractivity contribution in [2.45, 2.75) is 36.8 Å². The molecule has 0 unspecified atom stereocenters. The number of hydrogen-bond donors (Lipinski definition) is 1. The van der Waals surface area contributed by atoms with Crippen LogP contribution in [0, 0.1) is 6.92 Å². The average Bonchev–Trinajstić information content (AvgIpc) is 3.46. The van der Waals surface area contributed by atoms with E-state index in [1.54, 1.807) is 11.6 Å². The number of sulfone groups is 1. The van der Waals surface area contributed by atoms with E-state index in [9.17, 15) is 8.42 Å². The smallest absolute Gasteiger partial charge is 0.185 e. The molecule has 1 N–H and O–H groups in total. The largest absolute Gasteiger partial charge is 0.329 e. The van der Waals surface area contributed by atoms with Crippen molar-refractivity contribution in [1.29, 1.82) is 0 Å². The number of nitrogens with zero attached hydrogens (tertiary/aromatic N) is 5. The van der Waals surface area contributed by atoms with Crippen LogP contribution in [0.15, 0.2) is 41.1 Å². The van der Waals surface area contributed by atoms with Crippen molar-refractivity contribution >= 4 is 43.2 Å². The van der Waals surface area contributed by atoms with Crippen LogP contribution in [0.1, 0.15) is 36.9 Å². The second-order valence-corrected chi connectivity index (χ2v) is 11.4. The third-order valence-electron chi connectivity index (χ3n) is 5.56. The number of nitrogens with one attached hydrogen (secondary N) is 1. The van der Waals surface area contributed by atoms with Gasteiger partial charge in [0.1, 0.15) is 4.21 Å². The first-order chi connectivity index (χ1) is 15.3. The van der Waals surface area contributed by atoms with E-state index in [4.69, 9.17) is 4.98 Å². The lowest BCUT2D eigenvalue weighted by atomic mass is 9.97. The third-order valence-corrected chi connectivity index (χ3v) is 8.66. The van der Waals surface area contributed by atoms with Crippen LogP contribution in [-0.2, 0) is 16.9 Å². The maximum absolute atomic E-state index is 12.1. The molecule has 0 fully saturated rings. The number of imidazole rings is 1. The topological polar surface area (TPSA) is 94.2 Å². The summed E-state index contributed by atoms with van der Waals surface area (Å²) in [6.45, 7) is 1.81. The minimum Gasteiger partial charge on any atom is -0.329 e. The Morgan fingerprint density at radius 1 is 1.19 bits per heavy atom. The van der Waals surface area contributed by atoms with Crippen molar-refractivity contribution in [3.05, 3.63) is 48.2 Å². The summed E-state index contributed by atoms with van der Waals surface area (Å²) in [6, 6.07) is 1.84. The van der Waals surface area contributed by atoms with E-state index in [1.165, 1.54) is 29.6 Å². The molecule has 0 aromatic carbocycles. The van der Waals surface area contributed by atoms with Crippen molar-refractivity contribution in [3.63, 3.8) is 0 Å². The van der Waals surface area contributed by atoms with Gasteiger partial charge in [0.2, 0.25) is 0 Å². The molecule has 4 aromatic heterocycles. The molecule has 8 nitrogen and oxygen atoms in total. The molecule has 10 heteroatoms. The first-order valence-corrected chi connectivity index (χ1v) is 13.1. The Bertz CT molecular complexity index is 1460. The van der Waals surface area contributed by atoms with Gasteiger partial charge in [0, 0.05) is 31.3 Å². The number of anilines is 2. The summed E-state index contributed by atoms with van der Waals surface area (Å²) >= 11 is 1.21. The fraction of sp³-hybridized carbons (Fsp3) is 0.318. The Kier molecular flexibility index (Phi) is 5.13. The molecule has 166 valence electrons. The highest BCUT2D eigenvalue weighted by atomic mass is 32.2. The minimum atomic E-state index is -3.28. The lowest BCUT2D eigenvalue weighted by molar-refractivity contribution is 0.603. The van der Waals surface area contributed by atoms with Gasteiger partial charge in [-0.3, -0.25) is 9.08 Å². The number of hydrogen-bond acceptors (Lipinski definition) is 7. The summed E-state index contributed by atoms with van der Waals surface area (Å²) in [5.41, 5.74) is 5.42. The molecule has 32 heavy (non-hydrogen) atoms. The number of aryl methyl sites for hydroxylation is 2. The van der Waals surface area contributed by atoms with Crippen LogP contribution in [0.4, 0.5) is 10.8 Å². The third kappa shape index (κ3) is 3.84. The number of rotatable bonds is 5. The highest BCUT2D eigenvalue weighted by Gasteiger charge is 2.19. The molecule has 0 radical (unpaired) electrons. The Morgan fingerprint density at radius 3 is 2.69 bits per heavy atom. The normalized spacial score (nSPS) is 14.7. The molecule has 5 rings (SSSR count). The zero-order valence-corrected chi connectivity index (χ0v) is 19.8. The lowest BCUT2D eigenvalue weighted by Crippen LogP contribution is -2.03. The fourth-order valence-electron chi connectivity index (χ4n) is 4.08. The van der Waals surface area contributed by atoms with Crippen LogP contribution in [0.3, 0.4) is 0 Å². The van der Waals surface area contributed by atoms with Gasteiger partial charge >= 0.3 is 0 Å². The van der Waals surface area contributed by atoms with Crippen LogP contribution in [0.25, 0.3) is 22.5 Å². The molecule has 0 aliphatic heterocycles. The zero-order chi connectivity index (χ0) is 22.5. The van der Waals surface area contributed by atoms with Crippen molar-refractivity contribution < 1.29 is 8.42 Å². The molecule has 4 aromatic rings. The van der Waals surface area contributed by atoms with E-state index in [0.29, 0.717) is 15.7 Å². The van der Waals surface area contributed by atoms with E-state index < -0.39 is 9.84 Å². The van der Waals surface area contributed by atoms with Gasteiger partial charge in [-0.15, -0.1) is 11.3 Å². The Morgan fingerprint density at radius 2 is 2.03 bits per heavy atom. The summed E-state index contributed by atoms with van der Waals surface area (Å²) in [7, 11) is -1.40. The predicted octanol–water partition coefficient (Wildman–Crippen LogP) is 4.60. The maximum Gasteiger partial charge on any atom is 0.185 e. The van der Waals surface area contributed by atoms with Crippen molar-refractivity contribution in [2.24, 2.45) is 7.05 Å². The highest BCUT2D eigenvalue weighted by Crippen LogP contribution is 2.35. The van der Waals surface area contributed by atoms with E-state index in [0.717, 1.165) is 46.8 Å². The van der Waals surface area contributed by atoms with Crippen LogP contribution in [0.2, 0.25) is 0 Å². The van der Waals surface area contributed by atoms with Crippen LogP contribution < -0.4 is 5.32 Å². The molecule has 1 aliphatic carbocycles. The van der Waals surface area contributed by atoms with E-state index in [1.807, 2.05) is 42.3 Å². The van der Waals surface area contributed by atoms with Crippen LogP contribution >= 0.6 is 11.3 Å². The molecule has 0 atom stereocenters. The number of fused-ring (bicyclic) bond motifs is 1. The monoisotopic (exact) mass is 468 g/mol. The molecule has 0 spiro atoms. The summed E-state index contributed by atoms with van der Waals surface area (Å²) in [5.74, 6) is 0.602. The molecule has 0 saturated carbocycles. The Labute approximate surface area is 190 Å². The quantitative estimate of drug-likeness (QED) is 0.460. The molecular weight excluding hydrogens is 444 g/mol. The highest BCUT2D eigenvalue weighted by molar-refractivity contribution is 7.92. The molecular formula is C22H24N6O2S2. The first-order valence-electron chi connectivity index (χ1n) is 10.4. The molecule has 1 aliphatic rings. The summed E-state index contributed by atoms with van der Waals surface area (Å²) in [4.78, 5) is 9.54. The molecule has 0 amide bonds. The second kappa shape index (κ2) is 7.86. The van der Waals surface area contributed by atoms with Gasteiger partial charge < -0.3 is 5.32 Å². The molecule has 4 heterocycles. The van der Waals surface area contributed by atoms with Gasteiger partial charge in [0.15, 0.2) is 21.3 Å². The standard InChI is InChI=1S/C22H24N6O2S2/c1-14-9-19(31-22(14)32(3,29)30)26-20-21-23-11-18(16-10-24-27(2)12-16)28(21)13-17(25-20)15-7-5-4-6-8-15/h7,9-13H,4-6,8H2,1-3H3,(H,25,26). The lowest BCUT2D eigenvalue weighted by Gasteiger charge is -2.15. The number of aromatic nitrogens is 5. The van der Waals surface area contributed by atoms with Crippen LogP contribution in [-0.4, -0.2) is 38.8 Å². The van der Waals surface area contributed by atoms with E-state index in [-0.39, 0.29) is 0 Å². The van der Waals surface area contributed by atoms with Gasteiger partial charge in [0.05, 0.1) is 28.8 Å². The zero-order valence-electron chi connectivity index (χ0n) is 18.2. The Hall–Kier alpha value is -2.98. The van der Waals surface area contributed by atoms with Gasteiger partial charge in [-0.1, -0.05) is 6.08 Å². The Balaban J connectivity index is 1.66. The average molecular weight is 469 g/mol. The van der Waals surface area contributed by atoms with Gasteiger partial charge in [-0.2, -0.15) is 5.10 Å². The van der Waals surface area contributed by atoms with Crippen molar-refractivity contribution in [3.8, 4) is 11.3 Å². The second-order valence-electron chi connectivity index (χ2n) is 8.17. The number of thiophene rings is 1. The number of allylic oxidation sites excluding steroid dienone is 2. The first kappa shape index (κ1) is 20.9. The van der Waals surface area contributed by atoms with Gasteiger partial charge in [-0.05, 0) is 49.8 Å². The maximum atomic E-state index is 12.1. The van der Waals surface area contributed by atoms with Crippen LogP contribution in [0.5, 0.6) is 0 Å². The fourth-order valence-corrected chi connectivity index (χ4v) is 6.40. The van der Waals surface area contributed by atoms with Crippen molar-refractivity contribution in [1.82, 2.24) is 24.1 Å².